The van der Waals surface area contributed by atoms with Crippen molar-refractivity contribution >= 4 is 44.8 Å². The summed E-state index contributed by atoms with van der Waals surface area (Å²) in [6.07, 6.45) is 0. The van der Waals surface area contributed by atoms with Gasteiger partial charge in [0.1, 0.15) is 5.82 Å². The van der Waals surface area contributed by atoms with E-state index in [1.54, 1.807) is 6.07 Å². The van der Waals surface area contributed by atoms with E-state index in [1.807, 2.05) is 30.3 Å². The SMILES string of the molecule is Cc1cccc(Nc2nnc(SCc3nc4ccccc4c(=O)[nH]3)s2)c1C. The zero-order chi connectivity index (χ0) is 18.8. The number of H-pyrrole nitrogens is 1. The quantitative estimate of drug-likeness (QED) is 0.487. The van der Waals surface area contributed by atoms with Gasteiger partial charge in [0.25, 0.3) is 5.56 Å². The number of hydrogen-bond donors (Lipinski definition) is 2. The van der Waals surface area contributed by atoms with Gasteiger partial charge >= 0.3 is 0 Å². The summed E-state index contributed by atoms with van der Waals surface area (Å²) in [5, 5.41) is 13.1. The van der Waals surface area contributed by atoms with Crippen molar-refractivity contribution in [3.8, 4) is 0 Å². The number of thioether (sulfide) groups is 1. The van der Waals surface area contributed by atoms with Crippen molar-refractivity contribution in [2.45, 2.75) is 23.9 Å². The molecule has 27 heavy (non-hydrogen) atoms. The maximum atomic E-state index is 12.1. The first-order valence-electron chi connectivity index (χ1n) is 8.37. The van der Waals surface area contributed by atoms with Crippen LogP contribution in [0.3, 0.4) is 0 Å². The third-order valence-corrected chi connectivity index (χ3v) is 6.23. The molecule has 2 aromatic heterocycles. The van der Waals surface area contributed by atoms with Crippen LogP contribution in [0.4, 0.5) is 10.8 Å². The van der Waals surface area contributed by atoms with Crippen LogP contribution in [0.15, 0.2) is 51.6 Å². The Labute approximate surface area is 164 Å². The van der Waals surface area contributed by atoms with E-state index in [1.165, 1.54) is 34.2 Å². The molecule has 0 atom stereocenters. The maximum Gasteiger partial charge on any atom is 0.258 e. The molecule has 0 aliphatic heterocycles. The van der Waals surface area contributed by atoms with Gasteiger partial charge in [-0.3, -0.25) is 4.79 Å². The molecule has 8 heteroatoms. The number of aromatic amines is 1. The number of hydrogen-bond acceptors (Lipinski definition) is 7. The predicted molar refractivity (Wildman–Crippen MR) is 111 cm³/mol. The van der Waals surface area contributed by atoms with Crippen molar-refractivity contribution in [3.05, 3.63) is 69.8 Å². The van der Waals surface area contributed by atoms with Crippen LogP contribution in [0, 0.1) is 13.8 Å². The van der Waals surface area contributed by atoms with E-state index >= 15 is 0 Å². The van der Waals surface area contributed by atoms with E-state index in [4.69, 9.17) is 0 Å². The largest absolute Gasteiger partial charge is 0.330 e. The second-order valence-corrected chi connectivity index (χ2v) is 8.26. The summed E-state index contributed by atoms with van der Waals surface area (Å²) < 4.78 is 0.818. The van der Waals surface area contributed by atoms with Crippen molar-refractivity contribution < 1.29 is 0 Å². The van der Waals surface area contributed by atoms with Gasteiger partial charge in [-0.2, -0.15) is 0 Å². The molecular formula is C19H17N5OS2. The minimum absolute atomic E-state index is 0.120. The second kappa shape index (κ2) is 7.50. The average molecular weight is 396 g/mol. The number of aryl methyl sites for hydroxylation is 1. The van der Waals surface area contributed by atoms with E-state index in [0.29, 0.717) is 22.5 Å². The van der Waals surface area contributed by atoms with Crippen molar-refractivity contribution in [3.63, 3.8) is 0 Å². The van der Waals surface area contributed by atoms with Crippen LogP contribution in [0.2, 0.25) is 0 Å². The first-order valence-corrected chi connectivity index (χ1v) is 10.2. The molecule has 0 spiro atoms. The summed E-state index contributed by atoms with van der Waals surface area (Å²) in [5.74, 6) is 1.15. The molecule has 0 aliphatic rings. The molecule has 0 unspecified atom stereocenters. The number of para-hydroxylation sites is 1. The first kappa shape index (κ1) is 17.7. The lowest BCUT2D eigenvalue weighted by Gasteiger charge is -2.08. The molecule has 4 rings (SSSR count). The van der Waals surface area contributed by atoms with Gasteiger partial charge in [0.15, 0.2) is 4.34 Å². The molecule has 2 heterocycles. The highest BCUT2D eigenvalue weighted by molar-refractivity contribution is 8.00. The molecule has 0 saturated carbocycles. The van der Waals surface area contributed by atoms with E-state index in [2.05, 4.69) is 45.4 Å². The number of aromatic nitrogens is 4. The van der Waals surface area contributed by atoms with Crippen LogP contribution in [0.5, 0.6) is 0 Å². The smallest absolute Gasteiger partial charge is 0.258 e. The highest BCUT2D eigenvalue weighted by atomic mass is 32.2. The standard InChI is InChI=1S/C19H17N5OS2/c1-11-6-5-9-14(12(11)2)21-18-23-24-19(27-18)26-10-16-20-15-8-4-3-7-13(15)17(25)22-16/h3-9H,10H2,1-2H3,(H,21,23)(H,20,22,25). The lowest BCUT2D eigenvalue weighted by Crippen LogP contribution is -2.11. The van der Waals surface area contributed by atoms with Crippen LogP contribution in [-0.4, -0.2) is 20.2 Å². The molecule has 0 radical (unpaired) electrons. The molecule has 2 N–H and O–H groups in total. The monoisotopic (exact) mass is 395 g/mol. The topological polar surface area (TPSA) is 83.6 Å². The van der Waals surface area contributed by atoms with Gasteiger partial charge in [0, 0.05) is 5.69 Å². The summed E-state index contributed by atoms with van der Waals surface area (Å²) >= 11 is 2.98. The number of benzene rings is 2. The van der Waals surface area contributed by atoms with E-state index < -0.39 is 0 Å². The van der Waals surface area contributed by atoms with E-state index in [-0.39, 0.29) is 5.56 Å². The summed E-state index contributed by atoms with van der Waals surface area (Å²) in [7, 11) is 0. The number of nitrogens with zero attached hydrogens (tertiary/aromatic N) is 3. The Hall–Kier alpha value is -2.71. The summed E-state index contributed by atoms with van der Waals surface area (Å²) in [4.78, 5) is 19.5. The molecule has 2 aromatic carbocycles. The van der Waals surface area contributed by atoms with Gasteiger partial charge in [-0.1, -0.05) is 47.4 Å². The fourth-order valence-corrected chi connectivity index (χ4v) is 4.29. The van der Waals surface area contributed by atoms with E-state index in [0.717, 1.165) is 15.2 Å². The lowest BCUT2D eigenvalue weighted by atomic mass is 10.1. The van der Waals surface area contributed by atoms with Gasteiger partial charge in [0.05, 0.1) is 16.7 Å². The highest BCUT2D eigenvalue weighted by Crippen LogP contribution is 2.30. The van der Waals surface area contributed by atoms with Crippen LogP contribution in [0.1, 0.15) is 17.0 Å². The second-order valence-electron chi connectivity index (χ2n) is 6.06. The molecule has 0 aliphatic carbocycles. The predicted octanol–water partition coefficient (Wildman–Crippen LogP) is 4.43. The molecule has 0 bridgehead atoms. The Kier molecular flexibility index (Phi) is 4.91. The minimum atomic E-state index is -0.120. The van der Waals surface area contributed by atoms with Crippen LogP contribution in [0.25, 0.3) is 10.9 Å². The third-order valence-electron chi connectivity index (χ3n) is 4.25. The van der Waals surface area contributed by atoms with Crippen molar-refractivity contribution in [2.75, 3.05) is 5.32 Å². The van der Waals surface area contributed by atoms with Crippen LogP contribution < -0.4 is 10.9 Å². The fraction of sp³-hybridized carbons (Fsp3) is 0.158. The third kappa shape index (κ3) is 3.86. The number of rotatable bonds is 5. The Morgan fingerprint density at radius 2 is 1.96 bits per heavy atom. The lowest BCUT2D eigenvalue weighted by molar-refractivity contribution is 1.00. The van der Waals surface area contributed by atoms with Crippen molar-refractivity contribution in [1.82, 2.24) is 20.2 Å². The molecule has 0 fully saturated rings. The van der Waals surface area contributed by atoms with Crippen LogP contribution >= 0.6 is 23.1 Å². The highest BCUT2D eigenvalue weighted by Gasteiger charge is 2.09. The van der Waals surface area contributed by atoms with Gasteiger partial charge in [-0.15, -0.1) is 10.2 Å². The Balaban J connectivity index is 1.47. The summed E-state index contributed by atoms with van der Waals surface area (Å²) in [5.41, 5.74) is 4.03. The minimum Gasteiger partial charge on any atom is -0.330 e. The molecule has 0 saturated heterocycles. The van der Waals surface area contributed by atoms with Gasteiger partial charge in [-0.05, 0) is 43.2 Å². The van der Waals surface area contributed by atoms with E-state index in [9.17, 15) is 4.79 Å². The first-order chi connectivity index (χ1) is 13.1. The maximum absolute atomic E-state index is 12.1. The number of anilines is 2. The van der Waals surface area contributed by atoms with Gasteiger partial charge in [-0.25, -0.2) is 4.98 Å². The Morgan fingerprint density at radius 3 is 2.85 bits per heavy atom. The summed E-state index contributed by atoms with van der Waals surface area (Å²) in [6.45, 7) is 4.16. The van der Waals surface area contributed by atoms with Gasteiger partial charge in [0.2, 0.25) is 5.13 Å². The summed E-state index contributed by atoms with van der Waals surface area (Å²) in [6, 6.07) is 13.5. The molecule has 0 amide bonds. The van der Waals surface area contributed by atoms with Gasteiger partial charge < -0.3 is 10.3 Å². The number of nitrogens with one attached hydrogen (secondary N) is 2. The van der Waals surface area contributed by atoms with Crippen LogP contribution in [-0.2, 0) is 5.75 Å². The zero-order valence-corrected chi connectivity index (χ0v) is 16.4. The fourth-order valence-electron chi connectivity index (χ4n) is 2.65. The average Bonchev–Trinajstić information content (AvgIpc) is 3.11. The number of fused-ring (bicyclic) bond motifs is 1. The Bertz CT molecular complexity index is 1170. The van der Waals surface area contributed by atoms with Crippen molar-refractivity contribution in [1.29, 1.82) is 0 Å². The zero-order valence-electron chi connectivity index (χ0n) is 14.8. The molecule has 6 nitrogen and oxygen atoms in total. The molecule has 4 aromatic rings. The van der Waals surface area contributed by atoms with Crippen molar-refractivity contribution in [2.24, 2.45) is 0 Å². The normalized spacial score (nSPS) is 11.0. The molecular weight excluding hydrogens is 378 g/mol. The molecule has 136 valence electrons. The Morgan fingerprint density at radius 1 is 1.11 bits per heavy atom.